The van der Waals surface area contributed by atoms with Crippen LogP contribution in [0.4, 0.5) is 0 Å². The van der Waals surface area contributed by atoms with Crippen molar-refractivity contribution in [1.82, 2.24) is 0 Å². The summed E-state index contributed by atoms with van der Waals surface area (Å²) < 4.78 is 17.2. The Morgan fingerprint density at radius 3 is 1.34 bits per heavy atom. The molecule has 0 bridgehead atoms. The number of likely N-dealkylation sites (N-methyl/N-ethyl adjacent to an activating group) is 1. The number of carboxylic acid groups (broad SMARTS) is 1. The number of hydrogen-bond acceptors (Lipinski definition) is 7. The minimum absolute atomic E-state index is 0.0179. The molecule has 0 saturated carbocycles. The summed E-state index contributed by atoms with van der Waals surface area (Å²) in [5.74, 6) is -1.80. The van der Waals surface area contributed by atoms with Gasteiger partial charge in [0.2, 0.25) is 0 Å². The molecule has 0 amide bonds. The maximum absolute atomic E-state index is 12.8. The zero-order valence-electron chi connectivity index (χ0n) is 41.7. The number of allylic oxidation sites excluding steroid dienone is 14. The van der Waals surface area contributed by atoms with E-state index in [2.05, 4.69) is 98.9 Å². The van der Waals surface area contributed by atoms with Gasteiger partial charge in [-0.25, -0.2) is 0 Å². The number of nitrogens with zero attached hydrogens (tertiary/aromatic N) is 1. The van der Waals surface area contributed by atoms with Gasteiger partial charge in [0.1, 0.15) is 12.6 Å². The lowest BCUT2D eigenvalue weighted by Gasteiger charge is -2.34. The number of esters is 2. The van der Waals surface area contributed by atoms with Crippen LogP contribution in [0.15, 0.2) is 85.1 Å². The van der Waals surface area contributed by atoms with E-state index in [0.717, 1.165) is 57.8 Å². The summed E-state index contributed by atoms with van der Waals surface area (Å²) in [5, 5.41) is 11.7. The first kappa shape index (κ1) is 60.5. The zero-order chi connectivity index (χ0) is 47.0. The quantitative estimate of drug-likeness (QED) is 0.0197. The highest BCUT2D eigenvalue weighted by Crippen LogP contribution is 2.14. The fraction of sp³-hybridized carbons (Fsp3) is 0.696. The molecule has 0 fully saturated rings. The highest BCUT2D eigenvalue weighted by atomic mass is 16.6. The predicted octanol–water partition coefficient (Wildman–Crippen LogP) is 13.5. The molecular formula is C56H95NO7. The van der Waals surface area contributed by atoms with Crippen LogP contribution < -0.4 is 5.11 Å². The van der Waals surface area contributed by atoms with Crippen LogP contribution in [0.25, 0.3) is 0 Å². The van der Waals surface area contributed by atoms with Crippen molar-refractivity contribution in [2.75, 3.05) is 41.0 Å². The van der Waals surface area contributed by atoms with Gasteiger partial charge in [0, 0.05) is 19.3 Å². The van der Waals surface area contributed by atoms with Crippen LogP contribution in [0.3, 0.4) is 0 Å². The highest BCUT2D eigenvalue weighted by molar-refractivity contribution is 5.70. The van der Waals surface area contributed by atoms with E-state index in [0.29, 0.717) is 12.8 Å². The predicted molar refractivity (Wildman–Crippen MR) is 268 cm³/mol. The molecular weight excluding hydrogens is 799 g/mol. The normalized spacial score (nSPS) is 13.6. The molecule has 8 heteroatoms. The van der Waals surface area contributed by atoms with E-state index in [4.69, 9.17) is 14.2 Å². The molecule has 0 aliphatic rings. The lowest BCUT2D eigenvalue weighted by Crippen LogP contribution is -2.55. The van der Waals surface area contributed by atoms with Crippen molar-refractivity contribution in [2.24, 2.45) is 0 Å². The van der Waals surface area contributed by atoms with Gasteiger partial charge >= 0.3 is 11.9 Å². The van der Waals surface area contributed by atoms with Crippen LogP contribution in [-0.4, -0.2) is 75.5 Å². The molecule has 8 nitrogen and oxygen atoms in total. The Morgan fingerprint density at radius 2 is 0.875 bits per heavy atom. The monoisotopic (exact) mass is 894 g/mol. The van der Waals surface area contributed by atoms with Crippen molar-refractivity contribution in [3.8, 4) is 0 Å². The molecule has 0 radical (unpaired) electrons. The second-order valence-electron chi connectivity index (χ2n) is 18.1. The minimum Gasteiger partial charge on any atom is -0.544 e. The Hall–Kier alpha value is -3.49. The Bertz CT molecular complexity index is 1320. The third-order valence-electron chi connectivity index (χ3n) is 11.0. The third-order valence-corrected chi connectivity index (χ3v) is 11.0. The number of quaternary nitrogens is 1. The molecule has 0 aliphatic heterocycles. The number of hydrogen-bond donors (Lipinski definition) is 0. The molecule has 0 rings (SSSR count). The van der Waals surface area contributed by atoms with E-state index < -0.39 is 18.1 Å². The van der Waals surface area contributed by atoms with Gasteiger partial charge < -0.3 is 28.6 Å². The van der Waals surface area contributed by atoms with Gasteiger partial charge in [-0.15, -0.1) is 0 Å². The minimum atomic E-state index is -1.13. The lowest BCUT2D eigenvalue weighted by atomic mass is 10.1. The SMILES string of the molecule is CCCCC/C=C/C=C/CCCCCCCCCCCCC(=O)OCC(COCCC(C(=O)[O-])[N+](C)(C)C)OC(=O)CCCC/C=C/C/C=C/C/C=C/C/C=C/C/C=C/CCCCC. The van der Waals surface area contributed by atoms with E-state index in [1.807, 2.05) is 0 Å². The van der Waals surface area contributed by atoms with E-state index in [1.165, 1.54) is 103 Å². The average molecular weight is 894 g/mol. The summed E-state index contributed by atoms with van der Waals surface area (Å²) in [5.41, 5.74) is 0. The molecule has 366 valence electrons. The molecule has 2 atom stereocenters. The van der Waals surface area contributed by atoms with Gasteiger partial charge in [0.25, 0.3) is 0 Å². The first-order valence-electron chi connectivity index (χ1n) is 25.6. The van der Waals surface area contributed by atoms with E-state index in [9.17, 15) is 19.5 Å². The fourth-order valence-corrected chi connectivity index (χ4v) is 7.02. The molecule has 64 heavy (non-hydrogen) atoms. The number of carbonyl (C=O) groups is 3. The van der Waals surface area contributed by atoms with Crippen LogP contribution in [0.5, 0.6) is 0 Å². The van der Waals surface area contributed by atoms with Crippen molar-refractivity contribution in [3.63, 3.8) is 0 Å². The molecule has 0 N–H and O–H groups in total. The molecule has 2 unspecified atom stereocenters. The van der Waals surface area contributed by atoms with Crippen LogP contribution in [0.2, 0.25) is 0 Å². The maximum atomic E-state index is 12.8. The fourth-order valence-electron chi connectivity index (χ4n) is 7.02. The zero-order valence-corrected chi connectivity index (χ0v) is 41.7. The summed E-state index contributed by atoms with van der Waals surface area (Å²) in [6.45, 7) is 4.56. The second kappa shape index (κ2) is 46.1. The van der Waals surface area contributed by atoms with Gasteiger partial charge in [0.05, 0.1) is 40.3 Å². The largest absolute Gasteiger partial charge is 0.544 e. The van der Waals surface area contributed by atoms with Crippen LogP contribution in [0, 0.1) is 0 Å². The van der Waals surface area contributed by atoms with E-state index >= 15 is 0 Å². The molecule has 0 saturated heterocycles. The molecule has 0 heterocycles. The topological polar surface area (TPSA) is 102 Å². The number of carbonyl (C=O) groups excluding carboxylic acids is 3. The molecule has 0 aliphatic carbocycles. The van der Waals surface area contributed by atoms with Crippen molar-refractivity contribution in [3.05, 3.63) is 85.1 Å². The van der Waals surface area contributed by atoms with Gasteiger partial charge in [0.15, 0.2) is 6.10 Å². The van der Waals surface area contributed by atoms with Crippen molar-refractivity contribution in [2.45, 2.75) is 212 Å². The molecule has 0 aromatic carbocycles. The van der Waals surface area contributed by atoms with Gasteiger partial charge in [-0.05, 0) is 89.9 Å². The Kier molecular flexibility index (Phi) is 43.5. The van der Waals surface area contributed by atoms with Gasteiger partial charge in [-0.2, -0.15) is 0 Å². The van der Waals surface area contributed by atoms with E-state index in [-0.39, 0.29) is 49.1 Å². The first-order chi connectivity index (χ1) is 31.1. The number of rotatable bonds is 45. The summed E-state index contributed by atoms with van der Waals surface area (Å²) >= 11 is 0. The van der Waals surface area contributed by atoms with Crippen LogP contribution in [0.1, 0.15) is 200 Å². The number of unbranched alkanes of at least 4 members (excludes halogenated alkanes) is 18. The van der Waals surface area contributed by atoms with Gasteiger partial charge in [-0.3, -0.25) is 9.59 Å². The molecule has 0 aromatic heterocycles. The summed E-state index contributed by atoms with van der Waals surface area (Å²) in [6.07, 6.45) is 60.4. The molecule has 0 aromatic rings. The number of ether oxygens (including phenoxy) is 3. The van der Waals surface area contributed by atoms with E-state index in [1.54, 1.807) is 21.1 Å². The Balaban J connectivity index is 4.36. The summed E-state index contributed by atoms with van der Waals surface area (Å²) in [4.78, 5) is 37.0. The number of aliphatic carboxylic acids is 1. The average Bonchev–Trinajstić information content (AvgIpc) is 3.26. The van der Waals surface area contributed by atoms with Crippen LogP contribution >= 0.6 is 0 Å². The highest BCUT2D eigenvalue weighted by Gasteiger charge is 2.25. The summed E-state index contributed by atoms with van der Waals surface area (Å²) in [6, 6.07) is -0.739. The standard InChI is InChI=1S/C56H95NO7/c1-6-8-10-12-14-16-18-20-22-24-26-27-29-31-33-35-37-39-41-43-45-47-55(59)64-52(50-62-49-48-53(56(60)61)57(3,4)5)51-63-54(58)46-44-42-40-38-36-34-32-30-28-25-23-21-19-17-15-13-11-9-7-2/h14-17,19-22,26-27,31,33,37,39,52-53H,6-13,18,23-25,28-30,32,34-36,38,40-51H2,1-5H3/b16-14+,17-15+,21-19+,22-20+,27-26+,33-31+,39-37+. The van der Waals surface area contributed by atoms with Crippen LogP contribution in [-0.2, 0) is 28.6 Å². The second-order valence-corrected chi connectivity index (χ2v) is 18.1. The first-order valence-corrected chi connectivity index (χ1v) is 25.6. The van der Waals surface area contributed by atoms with Crippen molar-refractivity contribution < 1.29 is 38.2 Å². The maximum Gasteiger partial charge on any atom is 0.306 e. The number of carboxylic acids is 1. The van der Waals surface area contributed by atoms with Crippen molar-refractivity contribution >= 4 is 17.9 Å². The summed E-state index contributed by atoms with van der Waals surface area (Å²) in [7, 11) is 5.39. The third kappa shape index (κ3) is 43.7. The van der Waals surface area contributed by atoms with Crippen molar-refractivity contribution in [1.29, 1.82) is 0 Å². The molecule has 0 spiro atoms. The lowest BCUT2D eigenvalue weighted by molar-refractivity contribution is -0.889. The smallest absolute Gasteiger partial charge is 0.306 e. The Labute approximate surface area is 393 Å². The van der Waals surface area contributed by atoms with Gasteiger partial charge in [-0.1, -0.05) is 176 Å². The Morgan fingerprint density at radius 1 is 0.484 bits per heavy atom.